The van der Waals surface area contributed by atoms with Crippen molar-refractivity contribution >= 4 is 0 Å². The number of aromatic nitrogens is 2. The molecule has 0 aliphatic heterocycles. The SMILES string of the molecule is O=c1cc(OCCO)nc[nH]1. The Morgan fingerprint density at radius 3 is 3.18 bits per heavy atom. The van der Waals surface area contributed by atoms with Gasteiger partial charge in [0, 0.05) is 0 Å². The molecule has 0 saturated carbocycles. The highest BCUT2D eigenvalue weighted by molar-refractivity contribution is 5.04. The van der Waals surface area contributed by atoms with E-state index in [1.807, 2.05) is 0 Å². The van der Waals surface area contributed by atoms with Crippen LogP contribution in [0.4, 0.5) is 0 Å². The summed E-state index contributed by atoms with van der Waals surface area (Å²) in [5.41, 5.74) is -0.270. The number of hydrogen-bond donors (Lipinski definition) is 2. The largest absolute Gasteiger partial charge is 0.475 e. The molecule has 0 atom stereocenters. The van der Waals surface area contributed by atoms with Crippen LogP contribution < -0.4 is 10.3 Å². The highest BCUT2D eigenvalue weighted by Crippen LogP contribution is 1.96. The lowest BCUT2D eigenvalue weighted by atomic mass is 10.6. The first-order valence-electron chi connectivity index (χ1n) is 3.11. The van der Waals surface area contributed by atoms with Crippen LogP contribution in [0.3, 0.4) is 0 Å². The number of hydrogen-bond acceptors (Lipinski definition) is 4. The van der Waals surface area contributed by atoms with E-state index in [9.17, 15) is 4.79 Å². The monoisotopic (exact) mass is 156 g/mol. The summed E-state index contributed by atoms with van der Waals surface area (Å²) in [5.74, 6) is 0.225. The van der Waals surface area contributed by atoms with Crippen molar-refractivity contribution in [1.82, 2.24) is 9.97 Å². The summed E-state index contributed by atoms with van der Waals surface area (Å²) < 4.78 is 4.85. The van der Waals surface area contributed by atoms with Gasteiger partial charge in [-0.2, -0.15) is 0 Å². The Labute approximate surface area is 62.7 Å². The van der Waals surface area contributed by atoms with Crippen LogP contribution in [0.5, 0.6) is 5.88 Å². The Bertz CT molecular complexity index is 271. The van der Waals surface area contributed by atoms with E-state index < -0.39 is 0 Å². The molecule has 0 fully saturated rings. The predicted octanol–water partition coefficient (Wildman–Crippen LogP) is -0.859. The second-order valence-electron chi connectivity index (χ2n) is 1.82. The van der Waals surface area contributed by atoms with Crippen molar-refractivity contribution in [2.75, 3.05) is 13.2 Å². The van der Waals surface area contributed by atoms with E-state index in [0.717, 1.165) is 0 Å². The summed E-state index contributed by atoms with van der Waals surface area (Å²) >= 11 is 0. The zero-order chi connectivity index (χ0) is 8.10. The molecule has 5 nitrogen and oxygen atoms in total. The summed E-state index contributed by atoms with van der Waals surface area (Å²) in [5, 5.41) is 8.36. The lowest BCUT2D eigenvalue weighted by molar-refractivity contribution is 0.196. The summed E-state index contributed by atoms with van der Waals surface area (Å²) in [6.45, 7) is 0.0604. The van der Waals surface area contributed by atoms with Gasteiger partial charge in [-0.15, -0.1) is 0 Å². The third kappa shape index (κ3) is 2.38. The van der Waals surface area contributed by atoms with Crippen molar-refractivity contribution < 1.29 is 9.84 Å². The van der Waals surface area contributed by atoms with Gasteiger partial charge in [-0.25, -0.2) is 4.98 Å². The second-order valence-corrected chi connectivity index (χ2v) is 1.82. The average molecular weight is 156 g/mol. The predicted molar refractivity (Wildman–Crippen MR) is 37.4 cm³/mol. The molecule has 1 heterocycles. The minimum atomic E-state index is -0.270. The zero-order valence-electron chi connectivity index (χ0n) is 5.78. The number of aliphatic hydroxyl groups is 1. The first-order valence-corrected chi connectivity index (χ1v) is 3.11. The van der Waals surface area contributed by atoms with Crippen molar-refractivity contribution in [3.63, 3.8) is 0 Å². The standard InChI is InChI=1S/C6H8N2O3/c9-1-2-11-6-3-5(10)7-4-8-6/h3-4,9H,1-2H2,(H,7,8,10). The van der Waals surface area contributed by atoms with Crippen LogP contribution in [0.25, 0.3) is 0 Å². The molecule has 0 unspecified atom stereocenters. The number of aliphatic hydroxyl groups excluding tert-OH is 1. The van der Waals surface area contributed by atoms with Gasteiger partial charge in [0.05, 0.1) is 19.0 Å². The Morgan fingerprint density at radius 2 is 2.55 bits per heavy atom. The molecule has 0 aromatic carbocycles. The molecule has 0 aliphatic rings. The smallest absolute Gasteiger partial charge is 0.254 e. The van der Waals surface area contributed by atoms with Crippen molar-refractivity contribution in [2.45, 2.75) is 0 Å². The van der Waals surface area contributed by atoms with E-state index in [2.05, 4.69) is 9.97 Å². The van der Waals surface area contributed by atoms with Crippen LogP contribution in [-0.2, 0) is 0 Å². The molecule has 0 saturated heterocycles. The van der Waals surface area contributed by atoms with E-state index in [0.29, 0.717) is 0 Å². The molecule has 0 amide bonds. The maximum atomic E-state index is 10.6. The van der Waals surface area contributed by atoms with E-state index in [1.54, 1.807) is 0 Å². The van der Waals surface area contributed by atoms with Gasteiger partial charge in [-0.3, -0.25) is 4.79 Å². The average Bonchev–Trinajstić information content (AvgIpc) is 2.01. The lowest BCUT2D eigenvalue weighted by Gasteiger charge is -1.99. The molecule has 60 valence electrons. The zero-order valence-corrected chi connectivity index (χ0v) is 5.78. The first-order chi connectivity index (χ1) is 5.33. The topological polar surface area (TPSA) is 75.2 Å². The molecule has 1 aromatic rings. The van der Waals surface area contributed by atoms with Gasteiger partial charge in [-0.05, 0) is 0 Å². The maximum absolute atomic E-state index is 10.6. The fourth-order valence-electron chi connectivity index (χ4n) is 0.580. The van der Waals surface area contributed by atoms with Gasteiger partial charge in [-0.1, -0.05) is 0 Å². The molecule has 1 aromatic heterocycles. The number of nitrogens with zero attached hydrogens (tertiary/aromatic N) is 1. The minimum absolute atomic E-state index is 0.0888. The molecule has 11 heavy (non-hydrogen) atoms. The van der Waals surface area contributed by atoms with Gasteiger partial charge in [0.15, 0.2) is 0 Å². The Morgan fingerprint density at radius 1 is 1.73 bits per heavy atom. The number of nitrogens with one attached hydrogen (secondary N) is 1. The molecule has 0 spiro atoms. The first kappa shape index (κ1) is 7.74. The van der Waals surface area contributed by atoms with Crippen LogP contribution in [0.1, 0.15) is 0 Å². The molecular weight excluding hydrogens is 148 g/mol. The molecule has 2 N–H and O–H groups in total. The Balaban J connectivity index is 2.64. The van der Waals surface area contributed by atoms with Crippen molar-refractivity contribution in [3.05, 3.63) is 22.7 Å². The summed E-state index contributed by atoms with van der Waals surface area (Å²) in [6, 6.07) is 1.22. The molecule has 0 radical (unpaired) electrons. The van der Waals surface area contributed by atoms with E-state index in [4.69, 9.17) is 9.84 Å². The Hall–Kier alpha value is -1.36. The Kier molecular flexibility index (Phi) is 2.62. The highest BCUT2D eigenvalue weighted by Gasteiger charge is 1.93. The van der Waals surface area contributed by atoms with Gasteiger partial charge in [0.2, 0.25) is 5.88 Å². The highest BCUT2D eigenvalue weighted by atomic mass is 16.5. The lowest BCUT2D eigenvalue weighted by Crippen LogP contribution is -2.08. The summed E-state index contributed by atoms with van der Waals surface area (Å²) in [6.07, 6.45) is 1.25. The number of ether oxygens (including phenoxy) is 1. The molecule has 1 rings (SSSR count). The molecule has 0 bridgehead atoms. The van der Waals surface area contributed by atoms with E-state index >= 15 is 0 Å². The van der Waals surface area contributed by atoms with Gasteiger partial charge in [0.1, 0.15) is 6.61 Å². The van der Waals surface area contributed by atoms with Gasteiger partial charge in [0.25, 0.3) is 5.56 Å². The molecule has 5 heteroatoms. The van der Waals surface area contributed by atoms with Gasteiger partial charge >= 0.3 is 0 Å². The third-order valence-electron chi connectivity index (χ3n) is 0.994. The van der Waals surface area contributed by atoms with Crippen LogP contribution >= 0.6 is 0 Å². The quantitative estimate of drug-likeness (QED) is 0.597. The number of aromatic amines is 1. The van der Waals surface area contributed by atoms with Crippen LogP contribution in [0.2, 0.25) is 0 Å². The van der Waals surface area contributed by atoms with Crippen LogP contribution in [0.15, 0.2) is 17.2 Å². The summed E-state index contributed by atoms with van der Waals surface area (Å²) in [4.78, 5) is 16.6. The number of H-pyrrole nitrogens is 1. The van der Waals surface area contributed by atoms with Crippen LogP contribution in [0, 0.1) is 0 Å². The maximum Gasteiger partial charge on any atom is 0.254 e. The van der Waals surface area contributed by atoms with E-state index in [-0.39, 0.29) is 24.7 Å². The van der Waals surface area contributed by atoms with Crippen molar-refractivity contribution in [1.29, 1.82) is 0 Å². The summed E-state index contributed by atoms with van der Waals surface area (Å²) in [7, 11) is 0. The van der Waals surface area contributed by atoms with Crippen LogP contribution in [-0.4, -0.2) is 28.3 Å². The fourth-order valence-corrected chi connectivity index (χ4v) is 0.580. The normalized spacial score (nSPS) is 9.55. The molecular formula is C6H8N2O3. The van der Waals surface area contributed by atoms with Crippen molar-refractivity contribution in [3.8, 4) is 5.88 Å². The third-order valence-corrected chi connectivity index (χ3v) is 0.994. The van der Waals surface area contributed by atoms with Gasteiger partial charge < -0.3 is 14.8 Å². The fraction of sp³-hybridized carbons (Fsp3) is 0.333. The molecule has 0 aliphatic carbocycles. The van der Waals surface area contributed by atoms with Crippen molar-refractivity contribution in [2.24, 2.45) is 0 Å². The minimum Gasteiger partial charge on any atom is -0.475 e. The van der Waals surface area contributed by atoms with E-state index in [1.165, 1.54) is 12.4 Å². The second kappa shape index (κ2) is 3.72. The number of rotatable bonds is 3.